The summed E-state index contributed by atoms with van der Waals surface area (Å²) in [4.78, 5) is 24.7. The van der Waals surface area contributed by atoms with Crippen LogP contribution < -0.4 is 0 Å². The third kappa shape index (κ3) is 5.28. The van der Waals surface area contributed by atoms with E-state index in [2.05, 4.69) is 125 Å². The average molecular weight is 735 g/mol. The van der Waals surface area contributed by atoms with E-state index in [4.69, 9.17) is 19.9 Å². The Morgan fingerprint density at radius 2 is 1.00 bits per heavy atom. The van der Waals surface area contributed by atoms with Crippen molar-refractivity contribution in [1.29, 1.82) is 0 Å². The van der Waals surface area contributed by atoms with Crippen LogP contribution in [0.1, 0.15) is 0 Å². The van der Waals surface area contributed by atoms with E-state index < -0.39 is 0 Å². The third-order valence-corrected chi connectivity index (χ3v) is 11.6. The van der Waals surface area contributed by atoms with Crippen LogP contribution in [-0.4, -0.2) is 29.5 Å². The lowest BCUT2D eigenvalue weighted by Gasteiger charge is -2.12. The fourth-order valence-electron chi connectivity index (χ4n) is 7.92. The molecule has 0 aliphatic heterocycles. The number of hydrogen-bond acceptors (Lipinski definition) is 6. The molecule has 0 atom stereocenters. The molecule has 4 aromatic carbocycles. The molecule has 56 heavy (non-hydrogen) atoms. The summed E-state index contributed by atoms with van der Waals surface area (Å²) in [7, 11) is 0. The summed E-state index contributed by atoms with van der Waals surface area (Å²) in [6.45, 7) is 0. The monoisotopic (exact) mass is 734 g/mol. The summed E-state index contributed by atoms with van der Waals surface area (Å²) in [6, 6.07) is 54.6. The number of rotatable bonds is 6. The summed E-state index contributed by atoms with van der Waals surface area (Å²) < 4.78 is 4.46. The lowest BCUT2D eigenvalue weighted by atomic mass is 9.97. The molecule has 7 aromatic heterocycles. The second-order valence-corrected chi connectivity index (χ2v) is 14.7. The summed E-state index contributed by atoms with van der Waals surface area (Å²) in [5, 5.41) is 4.59. The van der Waals surface area contributed by atoms with E-state index in [1.807, 2.05) is 67.3 Å². The van der Waals surface area contributed by atoms with E-state index in [9.17, 15) is 0 Å². The Morgan fingerprint density at radius 1 is 0.411 bits per heavy atom. The van der Waals surface area contributed by atoms with Crippen molar-refractivity contribution in [3.05, 3.63) is 183 Å². The first-order chi connectivity index (χ1) is 27.8. The van der Waals surface area contributed by atoms with Crippen molar-refractivity contribution < 1.29 is 0 Å². The van der Waals surface area contributed by atoms with E-state index in [0.717, 1.165) is 98.7 Å². The van der Waals surface area contributed by atoms with E-state index in [0.29, 0.717) is 0 Å². The van der Waals surface area contributed by atoms with E-state index in [-0.39, 0.29) is 0 Å². The number of para-hydroxylation sites is 1. The van der Waals surface area contributed by atoms with Crippen molar-refractivity contribution in [2.75, 3.05) is 0 Å². The fraction of sp³-hybridized carbons (Fsp3) is 0. The minimum atomic E-state index is 0.886. The van der Waals surface area contributed by atoms with Gasteiger partial charge in [0.15, 0.2) is 0 Å². The summed E-state index contributed by atoms with van der Waals surface area (Å²) in [6.07, 6.45) is 7.54. The van der Waals surface area contributed by atoms with Gasteiger partial charge in [-0.1, -0.05) is 91.0 Å². The van der Waals surface area contributed by atoms with Crippen LogP contribution >= 0.6 is 11.3 Å². The zero-order valence-corrected chi connectivity index (χ0v) is 30.7. The van der Waals surface area contributed by atoms with Crippen LogP contribution in [0.3, 0.4) is 0 Å². The summed E-state index contributed by atoms with van der Waals surface area (Å²) >= 11 is 1.74. The van der Waals surface area contributed by atoms with Gasteiger partial charge < -0.3 is 0 Å². The van der Waals surface area contributed by atoms with Gasteiger partial charge in [-0.3, -0.25) is 19.5 Å². The number of pyridine rings is 5. The number of hydrogen-bond donors (Lipinski definition) is 0. The van der Waals surface area contributed by atoms with Crippen molar-refractivity contribution in [3.8, 4) is 62.1 Å². The number of thiophene rings is 1. The van der Waals surface area contributed by atoms with Crippen molar-refractivity contribution in [1.82, 2.24) is 29.5 Å². The van der Waals surface area contributed by atoms with Gasteiger partial charge in [0.2, 0.25) is 0 Å². The first kappa shape index (κ1) is 32.1. The Kier molecular flexibility index (Phi) is 7.57. The van der Waals surface area contributed by atoms with Crippen LogP contribution in [0, 0.1) is 0 Å². The first-order valence-corrected chi connectivity index (χ1v) is 19.3. The number of fused-ring (bicyclic) bond motifs is 6. The molecule has 0 amide bonds. The van der Waals surface area contributed by atoms with Crippen molar-refractivity contribution in [2.24, 2.45) is 0 Å². The lowest BCUT2D eigenvalue weighted by Crippen LogP contribution is -1.96. The second kappa shape index (κ2) is 13.2. The third-order valence-electron chi connectivity index (χ3n) is 10.5. The molecule has 262 valence electrons. The largest absolute Gasteiger partial charge is 0.294 e. The van der Waals surface area contributed by atoms with Crippen LogP contribution in [0.15, 0.2) is 183 Å². The molecule has 0 saturated carbocycles. The standard InChI is InChI=1S/C49H30N6S/c1-3-15-34(32(13-1)40-18-7-10-24-50-40)42-28-38-39-29-43(35-16-4-2-14-33(35)41-19-8-11-25-51-41)54-48(49(39)56-46(38)30-53-42)31-22-23-45-37(27-31)36-17-5-6-20-44(36)55(45)47-21-9-12-26-52-47/h1-30H. The molecule has 0 saturated heterocycles. The fourth-order valence-corrected chi connectivity index (χ4v) is 9.06. The predicted octanol–water partition coefficient (Wildman–Crippen LogP) is 12.5. The SMILES string of the molecule is c1ccc(-c2ccccc2-c2cc3c(cn2)sc2c(-c4ccc5c(c4)c4ccccc4n5-c4ccccn4)nc(-c4ccccc4-c4ccccn4)cc23)nc1. The van der Waals surface area contributed by atoms with Gasteiger partial charge in [-0.2, -0.15) is 0 Å². The molecule has 0 fully saturated rings. The molecule has 0 spiro atoms. The van der Waals surface area contributed by atoms with Crippen molar-refractivity contribution in [3.63, 3.8) is 0 Å². The maximum atomic E-state index is 5.54. The number of aromatic nitrogens is 6. The van der Waals surface area contributed by atoms with Gasteiger partial charge >= 0.3 is 0 Å². The highest BCUT2D eigenvalue weighted by molar-refractivity contribution is 7.26. The van der Waals surface area contributed by atoms with Gasteiger partial charge in [0.1, 0.15) is 5.82 Å². The highest BCUT2D eigenvalue weighted by Gasteiger charge is 2.21. The van der Waals surface area contributed by atoms with Gasteiger partial charge in [0.25, 0.3) is 0 Å². The van der Waals surface area contributed by atoms with Crippen LogP contribution in [0.2, 0.25) is 0 Å². The summed E-state index contributed by atoms with van der Waals surface area (Å²) in [5.41, 5.74) is 11.9. The minimum Gasteiger partial charge on any atom is -0.294 e. The Balaban J connectivity index is 1.18. The summed E-state index contributed by atoms with van der Waals surface area (Å²) in [5.74, 6) is 0.887. The highest BCUT2D eigenvalue weighted by Crippen LogP contribution is 2.45. The van der Waals surface area contributed by atoms with Crippen LogP contribution in [0.4, 0.5) is 0 Å². The lowest BCUT2D eigenvalue weighted by molar-refractivity contribution is 1.08. The molecule has 11 rings (SSSR count). The zero-order valence-electron chi connectivity index (χ0n) is 29.9. The maximum absolute atomic E-state index is 5.54. The van der Waals surface area contributed by atoms with E-state index >= 15 is 0 Å². The van der Waals surface area contributed by atoms with Crippen LogP contribution in [-0.2, 0) is 0 Å². The molecule has 11 aromatic rings. The molecule has 0 unspecified atom stereocenters. The van der Waals surface area contributed by atoms with Gasteiger partial charge in [0.05, 0.1) is 48.9 Å². The Morgan fingerprint density at radius 3 is 1.68 bits per heavy atom. The molecule has 6 nitrogen and oxygen atoms in total. The zero-order chi connectivity index (χ0) is 37.0. The van der Waals surface area contributed by atoms with Crippen LogP contribution in [0.25, 0.3) is 104 Å². The Labute approximate surface area is 326 Å². The Bertz CT molecular complexity index is 3250. The van der Waals surface area contributed by atoms with Gasteiger partial charge in [-0.05, 0) is 66.7 Å². The molecular formula is C49H30N6S. The molecule has 0 radical (unpaired) electrons. The average Bonchev–Trinajstić information content (AvgIpc) is 3.82. The smallest absolute Gasteiger partial charge is 0.137 e. The molecule has 0 N–H and O–H groups in total. The molecule has 0 aliphatic carbocycles. The quantitative estimate of drug-likeness (QED) is 0.170. The second-order valence-electron chi connectivity index (χ2n) is 13.7. The molecule has 7 heterocycles. The van der Waals surface area contributed by atoms with E-state index in [1.54, 1.807) is 11.3 Å². The van der Waals surface area contributed by atoms with Gasteiger partial charge in [0, 0.05) is 74.1 Å². The first-order valence-electron chi connectivity index (χ1n) is 18.5. The minimum absolute atomic E-state index is 0.886. The molecule has 0 bridgehead atoms. The molecule has 0 aliphatic rings. The maximum Gasteiger partial charge on any atom is 0.137 e. The normalized spacial score (nSPS) is 11.6. The predicted molar refractivity (Wildman–Crippen MR) is 230 cm³/mol. The molecular weight excluding hydrogens is 705 g/mol. The van der Waals surface area contributed by atoms with Crippen molar-refractivity contribution >= 4 is 53.3 Å². The molecule has 7 heteroatoms. The topological polar surface area (TPSA) is 69.4 Å². The van der Waals surface area contributed by atoms with Crippen molar-refractivity contribution in [2.45, 2.75) is 0 Å². The highest BCUT2D eigenvalue weighted by atomic mass is 32.1. The van der Waals surface area contributed by atoms with Gasteiger partial charge in [-0.15, -0.1) is 11.3 Å². The number of nitrogens with zero attached hydrogens (tertiary/aromatic N) is 6. The number of benzene rings is 4. The Hall–Kier alpha value is -7.35. The van der Waals surface area contributed by atoms with Crippen LogP contribution in [0.5, 0.6) is 0 Å². The van der Waals surface area contributed by atoms with E-state index in [1.165, 1.54) is 5.39 Å². The van der Waals surface area contributed by atoms with Gasteiger partial charge in [-0.25, -0.2) is 9.97 Å².